The number of aromatic nitrogens is 2. The van der Waals surface area contributed by atoms with Gasteiger partial charge in [0, 0.05) is 29.6 Å². The van der Waals surface area contributed by atoms with E-state index in [9.17, 15) is 4.79 Å². The first-order chi connectivity index (χ1) is 8.58. The van der Waals surface area contributed by atoms with Crippen LogP contribution in [0.1, 0.15) is 16.1 Å². The van der Waals surface area contributed by atoms with Gasteiger partial charge in [-0.1, -0.05) is 11.6 Å². The van der Waals surface area contributed by atoms with E-state index in [1.807, 2.05) is 29.9 Å². The molecule has 2 heterocycles. The Labute approximate surface area is 118 Å². The van der Waals surface area contributed by atoms with Gasteiger partial charge in [-0.3, -0.25) is 4.79 Å². The van der Waals surface area contributed by atoms with E-state index in [0.717, 1.165) is 10.2 Å². The molecule has 2 rings (SSSR count). The third-order valence-electron chi connectivity index (χ3n) is 2.53. The Morgan fingerprint density at radius 2 is 2.39 bits per heavy atom. The molecule has 0 aliphatic carbocycles. The average Bonchev–Trinajstić information content (AvgIpc) is 2.75. The summed E-state index contributed by atoms with van der Waals surface area (Å²) in [7, 11) is 1.93. The van der Waals surface area contributed by atoms with Crippen LogP contribution in [0.2, 0.25) is 5.15 Å². The first-order valence-corrected chi connectivity index (χ1v) is 6.44. The minimum atomic E-state index is -0.241. The molecule has 0 saturated carbocycles. The third kappa shape index (κ3) is 2.91. The summed E-state index contributed by atoms with van der Waals surface area (Å²) in [6.45, 7) is 0.450. The second-order valence-corrected chi connectivity index (χ2v) is 5.06. The first-order valence-electron chi connectivity index (χ1n) is 5.27. The van der Waals surface area contributed by atoms with Crippen molar-refractivity contribution in [2.24, 2.45) is 7.05 Å². The Morgan fingerprint density at radius 1 is 1.61 bits per heavy atom. The van der Waals surface area contributed by atoms with Crippen LogP contribution in [0.5, 0.6) is 0 Å². The molecule has 0 aromatic carbocycles. The van der Waals surface area contributed by atoms with Crippen LogP contribution in [0.25, 0.3) is 0 Å². The zero-order chi connectivity index (χ0) is 13.1. The Hall–Kier alpha value is -1.33. The van der Waals surface area contributed by atoms with Gasteiger partial charge in [-0.2, -0.15) is 0 Å². The van der Waals surface area contributed by atoms with Crippen molar-refractivity contribution < 1.29 is 4.79 Å². The van der Waals surface area contributed by atoms with Crippen LogP contribution in [-0.2, 0) is 13.6 Å². The van der Waals surface area contributed by atoms with E-state index in [1.165, 1.54) is 0 Å². The van der Waals surface area contributed by atoms with Crippen LogP contribution < -0.4 is 5.32 Å². The Kier molecular flexibility index (Phi) is 4.04. The number of nitrogens with zero attached hydrogens (tertiary/aromatic N) is 2. The largest absolute Gasteiger partial charge is 0.353 e. The molecule has 0 unspecified atom stereocenters. The summed E-state index contributed by atoms with van der Waals surface area (Å²) in [6, 6.07) is 5.52. The number of carbonyl (C=O) groups excluding carboxylic acids is 1. The normalized spacial score (nSPS) is 10.4. The van der Waals surface area contributed by atoms with E-state index in [1.54, 1.807) is 12.3 Å². The number of rotatable bonds is 3. The first kappa shape index (κ1) is 13.1. The monoisotopic (exact) mass is 327 g/mol. The molecule has 18 heavy (non-hydrogen) atoms. The van der Waals surface area contributed by atoms with E-state index in [2.05, 4.69) is 26.2 Å². The number of halogens is 2. The van der Waals surface area contributed by atoms with E-state index in [-0.39, 0.29) is 11.1 Å². The molecular weight excluding hydrogens is 318 g/mol. The van der Waals surface area contributed by atoms with Crippen LogP contribution in [-0.4, -0.2) is 15.5 Å². The van der Waals surface area contributed by atoms with Crippen molar-refractivity contribution in [2.45, 2.75) is 6.54 Å². The third-order valence-corrected chi connectivity index (χ3v) is 3.27. The number of aryl methyl sites for hydroxylation is 1. The number of pyridine rings is 1. The van der Waals surface area contributed by atoms with Crippen molar-refractivity contribution in [3.05, 3.63) is 51.5 Å². The van der Waals surface area contributed by atoms with Gasteiger partial charge in [0.1, 0.15) is 5.15 Å². The summed E-state index contributed by atoms with van der Waals surface area (Å²) < 4.78 is 2.66. The van der Waals surface area contributed by atoms with E-state index < -0.39 is 0 Å². The fourth-order valence-electron chi connectivity index (χ4n) is 1.53. The lowest BCUT2D eigenvalue weighted by atomic mass is 10.2. The Morgan fingerprint density at radius 3 is 3.06 bits per heavy atom. The minimum Gasteiger partial charge on any atom is -0.353 e. The second kappa shape index (κ2) is 5.54. The molecule has 0 atom stereocenters. The van der Waals surface area contributed by atoms with Crippen molar-refractivity contribution in [1.82, 2.24) is 14.9 Å². The van der Waals surface area contributed by atoms with E-state index in [4.69, 9.17) is 11.6 Å². The SMILES string of the molecule is Cn1cccc1CNC(=O)c1cc(Br)cnc1Cl. The maximum atomic E-state index is 12.0. The van der Waals surface area contributed by atoms with E-state index in [0.29, 0.717) is 12.1 Å². The molecule has 94 valence electrons. The van der Waals surface area contributed by atoms with Crippen LogP contribution in [0.3, 0.4) is 0 Å². The number of hydrogen-bond donors (Lipinski definition) is 1. The molecule has 0 saturated heterocycles. The van der Waals surface area contributed by atoms with Crippen LogP contribution in [0.4, 0.5) is 0 Å². The molecule has 6 heteroatoms. The molecule has 1 N–H and O–H groups in total. The smallest absolute Gasteiger partial charge is 0.254 e. The van der Waals surface area contributed by atoms with Gasteiger partial charge < -0.3 is 9.88 Å². The average molecular weight is 329 g/mol. The Bertz CT molecular complexity index is 582. The molecule has 0 spiro atoms. The number of hydrogen-bond acceptors (Lipinski definition) is 2. The fourth-order valence-corrected chi connectivity index (χ4v) is 2.05. The van der Waals surface area contributed by atoms with Gasteiger partial charge in [-0.25, -0.2) is 4.98 Å². The summed E-state index contributed by atoms with van der Waals surface area (Å²) in [6.07, 6.45) is 3.48. The van der Waals surface area contributed by atoms with Gasteiger partial charge in [-0.15, -0.1) is 0 Å². The molecule has 0 aliphatic rings. The van der Waals surface area contributed by atoms with Gasteiger partial charge in [0.15, 0.2) is 0 Å². The zero-order valence-corrected chi connectivity index (χ0v) is 12.0. The zero-order valence-electron chi connectivity index (χ0n) is 9.65. The fraction of sp³-hybridized carbons (Fsp3) is 0.167. The van der Waals surface area contributed by atoms with Gasteiger partial charge in [0.2, 0.25) is 0 Å². The molecule has 2 aromatic heterocycles. The van der Waals surface area contributed by atoms with Crippen LogP contribution in [0.15, 0.2) is 35.1 Å². The van der Waals surface area contributed by atoms with Gasteiger partial charge in [-0.05, 0) is 34.1 Å². The van der Waals surface area contributed by atoms with Gasteiger partial charge >= 0.3 is 0 Å². The van der Waals surface area contributed by atoms with Crippen molar-refractivity contribution >= 4 is 33.4 Å². The van der Waals surface area contributed by atoms with Crippen LogP contribution >= 0.6 is 27.5 Å². The molecule has 4 nitrogen and oxygen atoms in total. The second-order valence-electron chi connectivity index (χ2n) is 3.79. The highest BCUT2D eigenvalue weighted by Crippen LogP contribution is 2.17. The maximum Gasteiger partial charge on any atom is 0.254 e. The molecule has 0 fully saturated rings. The number of amides is 1. The quantitative estimate of drug-likeness (QED) is 0.881. The van der Waals surface area contributed by atoms with Gasteiger partial charge in [0.05, 0.1) is 12.1 Å². The summed E-state index contributed by atoms with van der Waals surface area (Å²) in [4.78, 5) is 15.9. The topological polar surface area (TPSA) is 46.9 Å². The van der Waals surface area contributed by atoms with Crippen LogP contribution in [0, 0.1) is 0 Å². The molecule has 2 aromatic rings. The Balaban J connectivity index is 2.08. The maximum absolute atomic E-state index is 12.0. The summed E-state index contributed by atoms with van der Waals surface area (Å²) in [5.74, 6) is -0.241. The lowest BCUT2D eigenvalue weighted by Gasteiger charge is -2.07. The highest BCUT2D eigenvalue weighted by molar-refractivity contribution is 9.10. The van der Waals surface area contributed by atoms with E-state index >= 15 is 0 Å². The number of carbonyl (C=O) groups is 1. The predicted octanol–water partition coefficient (Wildman–Crippen LogP) is 2.77. The van der Waals surface area contributed by atoms with Gasteiger partial charge in [0.25, 0.3) is 5.91 Å². The van der Waals surface area contributed by atoms with Crippen molar-refractivity contribution in [3.63, 3.8) is 0 Å². The standard InChI is InChI=1S/C12H11BrClN3O/c1-17-4-2-3-9(17)7-16-12(18)10-5-8(13)6-15-11(10)14/h2-6H,7H2,1H3,(H,16,18). The lowest BCUT2D eigenvalue weighted by molar-refractivity contribution is 0.0950. The van der Waals surface area contributed by atoms with Crippen molar-refractivity contribution in [1.29, 1.82) is 0 Å². The summed E-state index contributed by atoms with van der Waals surface area (Å²) >= 11 is 9.15. The van der Waals surface area contributed by atoms with Crippen molar-refractivity contribution in [3.8, 4) is 0 Å². The minimum absolute atomic E-state index is 0.197. The van der Waals surface area contributed by atoms with Crippen molar-refractivity contribution in [2.75, 3.05) is 0 Å². The highest BCUT2D eigenvalue weighted by Gasteiger charge is 2.12. The molecule has 0 bridgehead atoms. The summed E-state index contributed by atoms with van der Waals surface area (Å²) in [5.41, 5.74) is 1.38. The molecule has 0 aliphatic heterocycles. The number of nitrogens with one attached hydrogen (secondary N) is 1. The summed E-state index contributed by atoms with van der Waals surface area (Å²) in [5, 5.41) is 3.00. The predicted molar refractivity (Wildman–Crippen MR) is 73.5 cm³/mol. The molecular formula is C12H11BrClN3O. The highest BCUT2D eigenvalue weighted by atomic mass is 79.9. The lowest BCUT2D eigenvalue weighted by Crippen LogP contribution is -2.24. The molecule has 1 amide bonds. The molecule has 0 radical (unpaired) electrons.